The predicted octanol–water partition coefficient (Wildman–Crippen LogP) is 2.48. The number of nitrogens with zero attached hydrogens (tertiary/aromatic N) is 2. The van der Waals surface area contributed by atoms with Crippen LogP contribution in [0.3, 0.4) is 0 Å². The van der Waals surface area contributed by atoms with Gasteiger partial charge in [0.25, 0.3) is 0 Å². The van der Waals surface area contributed by atoms with E-state index in [1.807, 2.05) is 18.2 Å². The predicted molar refractivity (Wildman–Crippen MR) is 58.6 cm³/mol. The minimum atomic E-state index is 0.550. The number of nitrogens with one attached hydrogen (secondary N) is 1. The molecule has 1 aromatic heterocycles. The molecule has 0 bridgehead atoms. The lowest BCUT2D eigenvalue weighted by Gasteiger charge is -2.07. The van der Waals surface area contributed by atoms with E-state index in [0.29, 0.717) is 5.89 Å². The van der Waals surface area contributed by atoms with Crippen LogP contribution < -0.4 is 5.32 Å². The summed E-state index contributed by atoms with van der Waals surface area (Å²) in [4.78, 5) is 0. The Labute approximate surface area is 88.3 Å². The van der Waals surface area contributed by atoms with Crippen LogP contribution >= 0.6 is 0 Å². The van der Waals surface area contributed by atoms with Gasteiger partial charge in [-0.1, -0.05) is 6.07 Å². The summed E-state index contributed by atoms with van der Waals surface area (Å²) in [7, 11) is 0. The molecular formula is C11H13N3O. The molecule has 1 aromatic carbocycles. The molecule has 15 heavy (non-hydrogen) atoms. The highest BCUT2D eigenvalue weighted by atomic mass is 16.4. The molecule has 0 unspecified atom stereocenters. The average molecular weight is 203 g/mol. The van der Waals surface area contributed by atoms with Gasteiger partial charge in [0.1, 0.15) is 0 Å². The zero-order valence-corrected chi connectivity index (χ0v) is 8.82. The van der Waals surface area contributed by atoms with Gasteiger partial charge in [0, 0.05) is 17.8 Å². The van der Waals surface area contributed by atoms with Crippen molar-refractivity contribution in [1.29, 1.82) is 0 Å². The van der Waals surface area contributed by atoms with Crippen LogP contribution in [0.2, 0.25) is 0 Å². The Morgan fingerprint density at radius 3 is 2.93 bits per heavy atom. The molecule has 0 atom stereocenters. The van der Waals surface area contributed by atoms with Crippen LogP contribution in [0.4, 0.5) is 5.69 Å². The third-order valence-corrected chi connectivity index (χ3v) is 2.21. The third kappa shape index (κ3) is 1.98. The molecule has 1 heterocycles. The Balaban J connectivity index is 2.38. The maximum atomic E-state index is 5.14. The highest BCUT2D eigenvalue weighted by molar-refractivity contribution is 5.64. The molecule has 1 N–H and O–H groups in total. The summed E-state index contributed by atoms with van der Waals surface area (Å²) in [5.41, 5.74) is 3.25. The van der Waals surface area contributed by atoms with E-state index in [1.165, 1.54) is 12.0 Å². The van der Waals surface area contributed by atoms with Gasteiger partial charge in [-0.2, -0.15) is 0 Å². The van der Waals surface area contributed by atoms with Crippen LogP contribution in [0.25, 0.3) is 11.5 Å². The summed E-state index contributed by atoms with van der Waals surface area (Å²) in [5.74, 6) is 0.550. The topological polar surface area (TPSA) is 51.0 Å². The zero-order chi connectivity index (χ0) is 10.7. The first-order chi connectivity index (χ1) is 7.31. The van der Waals surface area contributed by atoms with Crippen LogP contribution in [0.5, 0.6) is 0 Å². The molecule has 2 aromatic rings. The first kappa shape index (κ1) is 9.71. The van der Waals surface area contributed by atoms with Crippen molar-refractivity contribution >= 4 is 5.69 Å². The van der Waals surface area contributed by atoms with Gasteiger partial charge in [-0.25, -0.2) is 0 Å². The van der Waals surface area contributed by atoms with Gasteiger partial charge in [0.2, 0.25) is 12.3 Å². The quantitative estimate of drug-likeness (QED) is 0.832. The van der Waals surface area contributed by atoms with E-state index in [9.17, 15) is 0 Å². The summed E-state index contributed by atoms with van der Waals surface area (Å²) in [5, 5.41) is 10.8. The van der Waals surface area contributed by atoms with Crippen molar-refractivity contribution in [3.63, 3.8) is 0 Å². The SMILES string of the molecule is CCNc1cc(-c2nnco2)ccc1C. The van der Waals surface area contributed by atoms with Gasteiger partial charge in [0.15, 0.2) is 0 Å². The minimum Gasteiger partial charge on any atom is -0.423 e. The summed E-state index contributed by atoms with van der Waals surface area (Å²) >= 11 is 0. The summed E-state index contributed by atoms with van der Waals surface area (Å²) in [6.07, 6.45) is 1.34. The van der Waals surface area contributed by atoms with Crippen molar-refractivity contribution < 1.29 is 4.42 Å². The van der Waals surface area contributed by atoms with Crippen LogP contribution in [-0.2, 0) is 0 Å². The molecule has 0 saturated heterocycles. The van der Waals surface area contributed by atoms with Crippen molar-refractivity contribution in [2.45, 2.75) is 13.8 Å². The molecule has 0 amide bonds. The smallest absolute Gasteiger partial charge is 0.247 e. The van der Waals surface area contributed by atoms with Crippen molar-refractivity contribution in [2.24, 2.45) is 0 Å². The van der Waals surface area contributed by atoms with Gasteiger partial charge in [-0.15, -0.1) is 10.2 Å². The van der Waals surface area contributed by atoms with Crippen molar-refractivity contribution in [3.8, 4) is 11.5 Å². The second-order valence-corrected chi connectivity index (χ2v) is 3.30. The van der Waals surface area contributed by atoms with Gasteiger partial charge < -0.3 is 9.73 Å². The maximum absolute atomic E-state index is 5.14. The van der Waals surface area contributed by atoms with Crippen LogP contribution in [0.15, 0.2) is 29.0 Å². The van der Waals surface area contributed by atoms with E-state index in [1.54, 1.807) is 0 Å². The monoisotopic (exact) mass is 203 g/mol. The van der Waals surface area contributed by atoms with Crippen LogP contribution in [0, 0.1) is 6.92 Å². The van der Waals surface area contributed by atoms with E-state index in [-0.39, 0.29) is 0 Å². The van der Waals surface area contributed by atoms with Gasteiger partial charge >= 0.3 is 0 Å². The Hall–Kier alpha value is -1.84. The zero-order valence-electron chi connectivity index (χ0n) is 8.82. The second-order valence-electron chi connectivity index (χ2n) is 3.30. The number of benzene rings is 1. The molecule has 0 aliphatic heterocycles. The van der Waals surface area contributed by atoms with Crippen molar-refractivity contribution in [2.75, 3.05) is 11.9 Å². The summed E-state index contributed by atoms with van der Waals surface area (Å²) in [6, 6.07) is 6.04. The first-order valence-electron chi connectivity index (χ1n) is 4.92. The Bertz CT molecular complexity index is 437. The fraction of sp³-hybridized carbons (Fsp3) is 0.273. The van der Waals surface area contributed by atoms with Gasteiger partial charge in [-0.3, -0.25) is 0 Å². The molecule has 0 fully saturated rings. The molecule has 2 rings (SSSR count). The molecule has 0 radical (unpaired) electrons. The third-order valence-electron chi connectivity index (χ3n) is 2.21. The molecule has 0 spiro atoms. The molecule has 0 aliphatic carbocycles. The molecule has 0 aliphatic rings. The van der Waals surface area contributed by atoms with E-state index in [0.717, 1.165) is 17.8 Å². The maximum Gasteiger partial charge on any atom is 0.247 e. The molecule has 4 nitrogen and oxygen atoms in total. The van der Waals surface area contributed by atoms with Crippen molar-refractivity contribution in [3.05, 3.63) is 30.2 Å². The standard InChI is InChI=1S/C11H13N3O/c1-3-12-10-6-9(5-4-8(10)2)11-14-13-7-15-11/h4-7,12H,3H2,1-2H3. The second kappa shape index (κ2) is 4.13. The largest absolute Gasteiger partial charge is 0.423 e. The minimum absolute atomic E-state index is 0.550. The number of rotatable bonds is 3. The fourth-order valence-corrected chi connectivity index (χ4v) is 1.43. The van der Waals surface area contributed by atoms with E-state index in [4.69, 9.17) is 4.42 Å². The Morgan fingerprint density at radius 1 is 1.40 bits per heavy atom. The number of hydrogen-bond acceptors (Lipinski definition) is 4. The lowest BCUT2D eigenvalue weighted by Crippen LogP contribution is -1.98. The highest BCUT2D eigenvalue weighted by Crippen LogP contribution is 2.23. The lowest BCUT2D eigenvalue weighted by atomic mass is 10.1. The fourth-order valence-electron chi connectivity index (χ4n) is 1.43. The lowest BCUT2D eigenvalue weighted by molar-refractivity contribution is 0.568. The summed E-state index contributed by atoms with van der Waals surface area (Å²) in [6.45, 7) is 5.03. The van der Waals surface area contributed by atoms with Gasteiger partial charge in [-0.05, 0) is 31.5 Å². The number of aromatic nitrogens is 2. The van der Waals surface area contributed by atoms with Gasteiger partial charge in [0.05, 0.1) is 0 Å². The highest BCUT2D eigenvalue weighted by Gasteiger charge is 2.05. The number of hydrogen-bond donors (Lipinski definition) is 1. The van der Waals surface area contributed by atoms with Crippen molar-refractivity contribution in [1.82, 2.24) is 10.2 Å². The number of anilines is 1. The van der Waals surface area contributed by atoms with Crippen LogP contribution in [-0.4, -0.2) is 16.7 Å². The molecule has 4 heteroatoms. The Kier molecular flexibility index (Phi) is 2.67. The Morgan fingerprint density at radius 2 is 2.27 bits per heavy atom. The first-order valence-corrected chi connectivity index (χ1v) is 4.92. The molecule has 0 saturated carbocycles. The molecular weight excluding hydrogens is 190 g/mol. The summed E-state index contributed by atoms with van der Waals surface area (Å²) < 4.78 is 5.14. The molecule has 78 valence electrons. The van der Waals surface area contributed by atoms with E-state index in [2.05, 4.69) is 29.4 Å². The number of aryl methyl sites for hydroxylation is 1. The normalized spacial score (nSPS) is 10.3. The van der Waals surface area contributed by atoms with E-state index < -0.39 is 0 Å². The van der Waals surface area contributed by atoms with Crippen LogP contribution in [0.1, 0.15) is 12.5 Å². The van der Waals surface area contributed by atoms with E-state index >= 15 is 0 Å². The average Bonchev–Trinajstić information content (AvgIpc) is 2.75.